The van der Waals surface area contributed by atoms with E-state index in [2.05, 4.69) is 15.9 Å². The highest BCUT2D eigenvalue weighted by Crippen LogP contribution is 2.26. The highest BCUT2D eigenvalue weighted by atomic mass is 79.9. The van der Waals surface area contributed by atoms with E-state index in [-0.39, 0.29) is 18.1 Å². The number of nitro groups is 1. The van der Waals surface area contributed by atoms with Crippen LogP contribution in [0.15, 0.2) is 46.9 Å². The van der Waals surface area contributed by atoms with E-state index in [0.29, 0.717) is 21.3 Å². The maximum absolute atomic E-state index is 11.5. The summed E-state index contributed by atoms with van der Waals surface area (Å²) in [6, 6.07) is 11.6. The van der Waals surface area contributed by atoms with Crippen molar-refractivity contribution in [2.24, 2.45) is 0 Å². The van der Waals surface area contributed by atoms with Crippen LogP contribution in [0.25, 0.3) is 0 Å². The Kier molecular flexibility index (Phi) is 4.70. The topological polar surface area (TPSA) is 69.4 Å². The van der Waals surface area contributed by atoms with E-state index in [1.165, 1.54) is 13.0 Å². The fourth-order valence-electron chi connectivity index (χ4n) is 1.87. The summed E-state index contributed by atoms with van der Waals surface area (Å²) in [7, 11) is 0. The molecule has 2 rings (SSSR count). The van der Waals surface area contributed by atoms with Crippen LogP contribution < -0.4 is 4.74 Å². The quantitative estimate of drug-likeness (QED) is 0.462. The van der Waals surface area contributed by atoms with Gasteiger partial charge < -0.3 is 4.74 Å². The van der Waals surface area contributed by atoms with E-state index in [0.717, 1.165) is 0 Å². The van der Waals surface area contributed by atoms with E-state index in [1.807, 2.05) is 0 Å². The summed E-state index contributed by atoms with van der Waals surface area (Å²) in [6.45, 7) is 1.47. The molecule has 0 fully saturated rings. The largest absolute Gasteiger partial charge is 0.488 e. The highest BCUT2D eigenvalue weighted by Gasteiger charge is 2.15. The monoisotopic (exact) mass is 349 g/mol. The van der Waals surface area contributed by atoms with Gasteiger partial charge in [-0.2, -0.15) is 0 Å². The maximum Gasteiger partial charge on any atom is 0.277 e. The molecule has 5 nitrogen and oxygen atoms in total. The molecule has 0 amide bonds. The summed E-state index contributed by atoms with van der Waals surface area (Å²) in [4.78, 5) is 22.1. The fourth-order valence-corrected chi connectivity index (χ4v) is 2.22. The molecular weight excluding hydrogens is 338 g/mol. The van der Waals surface area contributed by atoms with Crippen molar-refractivity contribution in [3.8, 4) is 5.75 Å². The minimum Gasteiger partial charge on any atom is -0.488 e. The molecule has 0 spiro atoms. The summed E-state index contributed by atoms with van der Waals surface area (Å²) in [5.74, 6) is 0.304. The van der Waals surface area contributed by atoms with E-state index in [1.54, 1.807) is 36.4 Å². The molecular formula is C15H12BrNO4. The zero-order valence-corrected chi connectivity index (χ0v) is 12.8. The van der Waals surface area contributed by atoms with Gasteiger partial charge in [-0.3, -0.25) is 14.9 Å². The zero-order chi connectivity index (χ0) is 15.4. The SMILES string of the molecule is CC(=O)c1ccccc1OCc1ccc(Br)cc1[N+](=O)[O-]. The number of para-hydroxylation sites is 1. The van der Waals surface area contributed by atoms with Gasteiger partial charge in [0.2, 0.25) is 0 Å². The molecule has 0 aromatic heterocycles. The highest BCUT2D eigenvalue weighted by molar-refractivity contribution is 9.10. The first kappa shape index (κ1) is 15.2. The normalized spacial score (nSPS) is 10.2. The van der Waals surface area contributed by atoms with Crippen LogP contribution >= 0.6 is 15.9 Å². The van der Waals surface area contributed by atoms with Gasteiger partial charge in [0.1, 0.15) is 12.4 Å². The van der Waals surface area contributed by atoms with Crippen LogP contribution in [0.3, 0.4) is 0 Å². The summed E-state index contributed by atoms with van der Waals surface area (Å²) >= 11 is 3.20. The maximum atomic E-state index is 11.5. The summed E-state index contributed by atoms with van der Waals surface area (Å²) in [5, 5.41) is 11.0. The van der Waals surface area contributed by atoms with Gasteiger partial charge in [-0.15, -0.1) is 0 Å². The summed E-state index contributed by atoms with van der Waals surface area (Å²) in [6.07, 6.45) is 0. The predicted molar refractivity (Wildman–Crippen MR) is 81.6 cm³/mol. The van der Waals surface area contributed by atoms with Crippen LogP contribution in [-0.2, 0) is 6.61 Å². The van der Waals surface area contributed by atoms with Crippen LogP contribution in [0.4, 0.5) is 5.69 Å². The lowest BCUT2D eigenvalue weighted by Gasteiger charge is -2.10. The van der Waals surface area contributed by atoms with Crippen LogP contribution in [0.1, 0.15) is 22.8 Å². The Morgan fingerprint density at radius 1 is 1.29 bits per heavy atom. The molecule has 0 heterocycles. The van der Waals surface area contributed by atoms with Crippen molar-refractivity contribution in [2.75, 3.05) is 0 Å². The van der Waals surface area contributed by atoms with Crippen molar-refractivity contribution in [1.82, 2.24) is 0 Å². The Morgan fingerprint density at radius 3 is 2.67 bits per heavy atom. The first-order valence-electron chi connectivity index (χ1n) is 6.14. The molecule has 0 bridgehead atoms. The average molecular weight is 350 g/mol. The second-order valence-corrected chi connectivity index (χ2v) is 5.29. The van der Waals surface area contributed by atoms with Crippen LogP contribution in [0.5, 0.6) is 5.75 Å². The van der Waals surface area contributed by atoms with Gasteiger partial charge in [-0.05, 0) is 31.2 Å². The smallest absolute Gasteiger partial charge is 0.277 e. The Morgan fingerprint density at radius 2 is 2.00 bits per heavy atom. The number of hydrogen-bond donors (Lipinski definition) is 0. The van der Waals surface area contributed by atoms with Crippen molar-refractivity contribution < 1.29 is 14.5 Å². The Balaban J connectivity index is 2.25. The van der Waals surface area contributed by atoms with Crippen molar-refractivity contribution in [1.29, 1.82) is 0 Å². The lowest BCUT2D eigenvalue weighted by atomic mass is 10.1. The molecule has 2 aromatic rings. The van der Waals surface area contributed by atoms with Gasteiger partial charge >= 0.3 is 0 Å². The standard InChI is InChI=1S/C15H12BrNO4/c1-10(18)13-4-2-3-5-15(13)21-9-11-6-7-12(16)8-14(11)17(19)20/h2-8H,9H2,1H3. The van der Waals surface area contributed by atoms with E-state index >= 15 is 0 Å². The molecule has 0 aliphatic rings. The molecule has 108 valence electrons. The Labute approximate surface area is 129 Å². The van der Waals surface area contributed by atoms with Crippen LogP contribution in [-0.4, -0.2) is 10.7 Å². The summed E-state index contributed by atoms with van der Waals surface area (Å²) < 4.78 is 6.20. The molecule has 0 radical (unpaired) electrons. The lowest BCUT2D eigenvalue weighted by Crippen LogP contribution is -2.03. The molecule has 0 unspecified atom stereocenters. The number of ether oxygens (including phenoxy) is 1. The van der Waals surface area contributed by atoms with Gasteiger partial charge in [0.15, 0.2) is 5.78 Å². The fraction of sp³-hybridized carbons (Fsp3) is 0.133. The second-order valence-electron chi connectivity index (χ2n) is 4.37. The van der Waals surface area contributed by atoms with Crippen molar-refractivity contribution >= 4 is 27.4 Å². The number of Topliss-reactive ketones (excluding diaryl/α,β-unsaturated/α-hetero) is 1. The van der Waals surface area contributed by atoms with Crippen LogP contribution in [0, 0.1) is 10.1 Å². The Bertz CT molecular complexity index is 700. The molecule has 0 atom stereocenters. The molecule has 6 heteroatoms. The Hall–Kier alpha value is -2.21. The average Bonchev–Trinajstić information content (AvgIpc) is 2.46. The molecule has 0 saturated heterocycles. The van der Waals surface area contributed by atoms with Crippen LogP contribution in [0.2, 0.25) is 0 Å². The number of nitrogens with zero attached hydrogens (tertiary/aromatic N) is 1. The number of ketones is 1. The van der Waals surface area contributed by atoms with Crippen molar-refractivity contribution in [3.05, 3.63) is 68.2 Å². The molecule has 2 aromatic carbocycles. The molecule has 0 saturated carbocycles. The predicted octanol–water partition coefficient (Wildman–Crippen LogP) is 4.14. The number of benzene rings is 2. The minimum atomic E-state index is -0.458. The van der Waals surface area contributed by atoms with Gasteiger partial charge in [0.05, 0.1) is 16.1 Å². The first-order valence-corrected chi connectivity index (χ1v) is 6.94. The second kappa shape index (κ2) is 6.49. The van der Waals surface area contributed by atoms with Gasteiger partial charge in [0.25, 0.3) is 5.69 Å². The number of carbonyl (C=O) groups excluding carboxylic acids is 1. The third-order valence-electron chi connectivity index (χ3n) is 2.89. The van der Waals surface area contributed by atoms with E-state index in [9.17, 15) is 14.9 Å². The van der Waals surface area contributed by atoms with Gasteiger partial charge in [-0.1, -0.05) is 28.1 Å². The van der Waals surface area contributed by atoms with Crippen molar-refractivity contribution in [3.63, 3.8) is 0 Å². The third kappa shape index (κ3) is 3.66. The lowest BCUT2D eigenvalue weighted by molar-refractivity contribution is -0.385. The number of hydrogen-bond acceptors (Lipinski definition) is 4. The third-order valence-corrected chi connectivity index (χ3v) is 3.39. The van der Waals surface area contributed by atoms with E-state index in [4.69, 9.17) is 4.74 Å². The zero-order valence-electron chi connectivity index (χ0n) is 11.2. The molecule has 0 aliphatic carbocycles. The van der Waals surface area contributed by atoms with E-state index < -0.39 is 4.92 Å². The summed E-state index contributed by atoms with van der Waals surface area (Å²) in [5.41, 5.74) is 0.878. The van der Waals surface area contributed by atoms with Gasteiger partial charge in [-0.25, -0.2) is 0 Å². The molecule has 0 aliphatic heterocycles. The number of halogens is 1. The van der Waals surface area contributed by atoms with Gasteiger partial charge in [0, 0.05) is 10.5 Å². The molecule has 21 heavy (non-hydrogen) atoms. The minimum absolute atomic E-state index is 0.0217. The number of nitro benzene ring substituents is 1. The van der Waals surface area contributed by atoms with Crippen molar-refractivity contribution in [2.45, 2.75) is 13.5 Å². The molecule has 0 N–H and O–H groups in total. The first-order chi connectivity index (χ1) is 9.99. The number of carbonyl (C=O) groups is 1. The number of rotatable bonds is 5.